The summed E-state index contributed by atoms with van der Waals surface area (Å²) >= 11 is 6.24. The third-order valence-corrected chi connectivity index (χ3v) is 8.82. The molecule has 3 rings (SSSR count). The fraction of sp³-hybridized carbons (Fsp3) is 0.733. The Morgan fingerprint density at radius 2 is 1.95 bits per heavy atom. The van der Waals surface area contributed by atoms with Gasteiger partial charge >= 0.3 is 6.03 Å². The Bertz CT molecular complexity index is 929. The molecule has 2 fully saturated rings. The Morgan fingerprint density at radius 1 is 1.18 bits per heavy atom. The quantitative estimate of drug-likeness (QED) is 0.271. The Balaban J connectivity index is 1.83. The van der Waals surface area contributed by atoms with Crippen LogP contribution in [0.25, 0.3) is 0 Å². The van der Waals surface area contributed by atoms with Gasteiger partial charge in [0, 0.05) is 57.8 Å². The highest BCUT2D eigenvalue weighted by Gasteiger charge is 2.45. The minimum atomic E-state index is -0.986. The van der Waals surface area contributed by atoms with Crippen LogP contribution in [0.15, 0.2) is 18.2 Å². The maximum atomic E-state index is 15.6. The average molecular weight is 567 g/mol. The number of unbranched alkanes of at least 4 members (excludes halogenated alkanes) is 1. The molecule has 1 unspecified atom stereocenters. The van der Waals surface area contributed by atoms with Crippen molar-refractivity contribution in [1.82, 2.24) is 20.9 Å². The number of ether oxygens (including phenoxy) is 1. The van der Waals surface area contributed by atoms with Crippen molar-refractivity contribution in [2.24, 2.45) is 11.8 Å². The molecule has 3 amide bonds. The van der Waals surface area contributed by atoms with Crippen LogP contribution in [0.1, 0.15) is 83.1 Å². The van der Waals surface area contributed by atoms with Gasteiger partial charge in [0.1, 0.15) is 5.82 Å². The number of carbonyl (C=O) groups excluding carboxylic acids is 2. The van der Waals surface area contributed by atoms with Crippen LogP contribution in [0.4, 0.5) is 9.18 Å². The van der Waals surface area contributed by atoms with Crippen LogP contribution < -0.4 is 16.0 Å². The smallest absolute Gasteiger partial charge is 0.317 e. The average Bonchev–Trinajstić information content (AvgIpc) is 2.92. The van der Waals surface area contributed by atoms with Crippen LogP contribution in [0.2, 0.25) is 5.02 Å². The van der Waals surface area contributed by atoms with E-state index in [1.54, 1.807) is 19.2 Å². The monoisotopic (exact) mass is 566 g/mol. The Hall–Kier alpha value is -1.90. The predicted octanol–water partition coefficient (Wildman–Crippen LogP) is 5.61. The van der Waals surface area contributed by atoms with Gasteiger partial charge in [-0.1, -0.05) is 55.8 Å². The van der Waals surface area contributed by atoms with E-state index < -0.39 is 11.4 Å². The highest BCUT2D eigenvalue weighted by atomic mass is 35.5. The van der Waals surface area contributed by atoms with Gasteiger partial charge in [0.25, 0.3) is 0 Å². The first-order valence-electron chi connectivity index (χ1n) is 14.7. The van der Waals surface area contributed by atoms with E-state index in [9.17, 15) is 9.59 Å². The molecule has 2 aliphatic rings. The van der Waals surface area contributed by atoms with Crippen LogP contribution in [0, 0.1) is 17.7 Å². The number of likely N-dealkylation sites (N-methyl/N-ethyl adjacent to an activating group) is 1. The number of amides is 3. The molecule has 220 valence electrons. The van der Waals surface area contributed by atoms with Gasteiger partial charge in [0.05, 0.1) is 10.6 Å². The number of methoxy groups -OCH3 is 1. The molecule has 1 aromatic carbocycles. The molecule has 0 bridgehead atoms. The molecule has 1 heterocycles. The highest BCUT2D eigenvalue weighted by molar-refractivity contribution is 6.30. The van der Waals surface area contributed by atoms with Crippen molar-refractivity contribution >= 4 is 23.5 Å². The number of nitrogens with one attached hydrogen (secondary N) is 3. The predicted molar refractivity (Wildman–Crippen MR) is 154 cm³/mol. The molecule has 1 aromatic rings. The van der Waals surface area contributed by atoms with Crippen molar-refractivity contribution < 1.29 is 18.7 Å². The van der Waals surface area contributed by atoms with E-state index in [2.05, 4.69) is 16.0 Å². The Morgan fingerprint density at radius 3 is 2.64 bits per heavy atom. The number of hydrogen-bond donors (Lipinski definition) is 3. The SMILES string of the molecule is CNC[C@H](CC1CCCCC1)NC(=O)N1CCCC([C@](CCCCOC)(NC(C)=O)c2cccc(Cl)c2F)C1. The van der Waals surface area contributed by atoms with E-state index >= 15 is 4.39 Å². The van der Waals surface area contributed by atoms with E-state index in [1.807, 2.05) is 11.9 Å². The third kappa shape index (κ3) is 8.79. The molecule has 3 atom stereocenters. The number of halogens is 2. The molecule has 39 heavy (non-hydrogen) atoms. The number of nitrogens with zero attached hydrogens (tertiary/aromatic N) is 1. The largest absolute Gasteiger partial charge is 0.385 e. The van der Waals surface area contributed by atoms with Crippen molar-refractivity contribution in [3.8, 4) is 0 Å². The van der Waals surface area contributed by atoms with E-state index in [1.165, 1.54) is 45.1 Å². The van der Waals surface area contributed by atoms with E-state index in [0.29, 0.717) is 37.6 Å². The molecule has 0 aromatic heterocycles. The molecule has 3 N–H and O–H groups in total. The summed E-state index contributed by atoms with van der Waals surface area (Å²) < 4.78 is 20.8. The van der Waals surface area contributed by atoms with Crippen molar-refractivity contribution in [3.05, 3.63) is 34.6 Å². The minimum absolute atomic E-state index is 0.0298. The second-order valence-electron chi connectivity index (χ2n) is 11.4. The zero-order chi connectivity index (χ0) is 28.3. The number of carbonyl (C=O) groups is 2. The number of benzene rings is 1. The number of likely N-dealkylation sites (tertiary alicyclic amines) is 1. The lowest BCUT2D eigenvalue weighted by atomic mass is 9.71. The van der Waals surface area contributed by atoms with Crippen molar-refractivity contribution in [3.63, 3.8) is 0 Å². The van der Waals surface area contributed by atoms with Crippen molar-refractivity contribution in [2.75, 3.05) is 40.4 Å². The summed E-state index contributed by atoms with van der Waals surface area (Å²) in [5.74, 6) is -0.263. The number of urea groups is 1. The van der Waals surface area contributed by atoms with Crippen LogP contribution in [-0.2, 0) is 15.1 Å². The molecule has 9 heteroatoms. The van der Waals surface area contributed by atoms with Crippen LogP contribution in [0.3, 0.4) is 0 Å². The van der Waals surface area contributed by atoms with Gasteiger partial charge in [-0.15, -0.1) is 0 Å². The first-order chi connectivity index (χ1) is 18.8. The fourth-order valence-corrected chi connectivity index (χ4v) is 6.87. The summed E-state index contributed by atoms with van der Waals surface area (Å²) in [5.41, 5.74) is -0.597. The lowest BCUT2D eigenvalue weighted by Gasteiger charge is -2.47. The van der Waals surface area contributed by atoms with Gasteiger partial charge in [-0.2, -0.15) is 0 Å². The second-order valence-corrected chi connectivity index (χ2v) is 11.8. The first kappa shape index (κ1) is 31.6. The first-order valence-corrected chi connectivity index (χ1v) is 15.1. The minimum Gasteiger partial charge on any atom is -0.385 e. The van der Waals surface area contributed by atoms with Gasteiger partial charge in [-0.25, -0.2) is 9.18 Å². The summed E-state index contributed by atoms with van der Waals surface area (Å²) in [6, 6.07) is 4.95. The van der Waals surface area contributed by atoms with Gasteiger partial charge in [-0.3, -0.25) is 4.79 Å². The molecule has 1 saturated carbocycles. The normalized spacial score (nSPS) is 20.7. The van der Waals surface area contributed by atoms with Gasteiger partial charge in [0.2, 0.25) is 5.91 Å². The maximum Gasteiger partial charge on any atom is 0.317 e. The summed E-state index contributed by atoms with van der Waals surface area (Å²) in [5, 5.41) is 9.72. The second kappa shape index (κ2) is 15.8. The molecule has 1 aliphatic carbocycles. The molecular formula is C30H48ClFN4O3. The number of rotatable bonds is 13. The summed E-state index contributed by atoms with van der Waals surface area (Å²) in [4.78, 5) is 28.0. The zero-order valence-corrected chi connectivity index (χ0v) is 24.8. The number of piperidine rings is 1. The van der Waals surface area contributed by atoms with E-state index in [-0.39, 0.29) is 28.9 Å². The topological polar surface area (TPSA) is 82.7 Å². The van der Waals surface area contributed by atoms with Gasteiger partial charge in [0.15, 0.2) is 0 Å². The maximum absolute atomic E-state index is 15.6. The zero-order valence-electron chi connectivity index (χ0n) is 24.0. The van der Waals surface area contributed by atoms with Gasteiger partial charge < -0.3 is 25.6 Å². The lowest BCUT2D eigenvalue weighted by Crippen LogP contribution is -2.58. The molecule has 7 nitrogen and oxygen atoms in total. The molecule has 1 saturated heterocycles. The fourth-order valence-electron chi connectivity index (χ4n) is 6.70. The standard InChI is InChI=1S/C30H48ClFN4O3/c1-22(37)35-30(16-7-8-18-39-3,26-14-9-15-27(31)28(26)32)24-13-10-17-36(21-24)29(38)34-25(20-33-2)19-23-11-5-4-6-12-23/h9,14-15,23-25,33H,4-8,10-13,16-21H2,1-3H3,(H,34,38)(H,35,37)/t24?,25-,30-/m0/s1. The van der Waals surface area contributed by atoms with Crippen LogP contribution in [-0.4, -0.2) is 63.3 Å². The Labute approximate surface area is 238 Å². The summed E-state index contributed by atoms with van der Waals surface area (Å²) in [6.07, 6.45) is 10.9. The Kier molecular flexibility index (Phi) is 12.8. The molecule has 0 radical (unpaired) electrons. The highest BCUT2D eigenvalue weighted by Crippen LogP contribution is 2.42. The summed E-state index contributed by atoms with van der Waals surface area (Å²) in [7, 11) is 3.58. The van der Waals surface area contributed by atoms with Crippen molar-refractivity contribution in [1.29, 1.82) is 0 Å². The summed E-state index contributed by atoms with van der Waals surface area (Å²) in [6.45, 7) is 3.84. The van der Waals surface area contributed by atoms with Crippen LogP contribution in [0.5, 0.6) is 0 Å². The van der Waals surface area contributed by atoms with Gasteiger partial charge in [-0.05, 0) is 57.6 Å². The van der Waals surface area contributed by atoms with Crippen LogP contribution >= 0.6 is 11.6 Å². The van der Waals surface area contributed by atoms with E-state index in [0.717, 1.165) is 38.6 Å². The van der Waals surface area contributed by atoms with Crippen molar-refractivity contribution in [2.45, 2.75) is 89.1 Å². The number of hydrogen-bond acceptors (Lipinski definition) is 4. The van der Waals surface area contributed by atoms with E-state index in [4.69, 9.17) is 16.3 Å². The third-order valence-electron chi connectivity index (χ3n) is 8.53. The molecular weight excluding hydrogens is 519 g/mol. The molecule has 1 aliphatic heterocycles. The lowest BCUT2D eigenvalue weighted by molar-refractivity contribution is -0.122. The molecule has 0 spiro atoms.